The maximum Gasteiger partial charge on any atom is 0.344 e. The van der Waals surface area contributed by atoms with Crippen LogP contribution in [-0.4, -0.2) is 19.9 Å². The highest BCUT2D eigenvalue weighted by Gasteiger charge is 2.15. The minimum absolute atomic E-state index is 0.0107. The van der Waals surface area contributed by atoms with Crippen molar-refractivity contribution < 1.29 is 4.92 Å². The number of hydrogen-bond acceptors (Lipinski definition) is 5. The molecule has 2 aromatic heterocycles. The van der Waals surface area contributed by atoms with Crippen LogP contribution < -0.4 is 0 Å². The van der Waals surface area contributed by atoms with Crippen molar-refractivity contribution in [1.82, 2.24) is 15.0 Å². The van der Waals surface area contributed by atoms with Crippen molar-refractivity contribution in [3.05, 3.63) is 39.5 Å². The molecule has 0 fully saturated rings. The number of imidazole rings is 1. The second-order valence-corrected chi connectivity index (χ2v) is 4.95. The molecule has 8 heteroatoms. The van der Waals surface area contributed by atoms with E-state index in [9.17, 15) is 10.1 Å². The van der Waals surface area contributed by atoms with Gasteiger partial charge in [-0.3, -0.25) is 10.1 Å². The van der Waals surface area contributed by atoms with E-state index in [0.29, 0.717) is 15.9 Å². The molecule has 0 bridgehead atoms. The van der Waals surface area contributed by atoms with Gasteiger partial charge < -0.3 is 4.98 Å². The van der Waals surface area contributed by atoms with Crippen LogP contribution in [0.2, 0.25) is 5.02 Å². The van der Waals surface area contributed by atoms with Gasteiger partial charge in [-0.05, 0) is 29.5 Å². The highest BCUT2D eigenvalue weighted by atomic mass is 35.5. The molecule has 1 aromatic carbocycles. The Morgan fingerprint density at radius 3 is 3.00 bits per heavy atom. The molecule has 0 saturated carbocycles. The van der Waals surface area contributed by atoms with Gasteiger partial charge in [-0.25, -0.2) is 9.97 Å². The molecule has 1 N–H and O–H groups in total. The summed E-state index contributed by atoms with van der Waals surface area (Å²) < 4.78 is 0. The van der Waals surface area contributed by atoms with Crippen molar-refractivity contribution in [2.45, 2.75) is 0 Å². The summed E-state index contributed by atoms with van der Waals surface area (Å²) in [6.07, 6.45) is 1.22. The number of benzene rings is 1. The van der Waals surface area contributed by atoms with Gasteiger partial charge >= 0.3 is 5.00 Å². The van der Waals surface area contributed by atoms with Crippen LogP contribution in [0.4, 0.5) is 5.00 Å². The number of nitrogens with one attached hydrogen (secondary N) is 1. The first-order chi connectivity index (χ1) is 8.63. The van der Waals surface area contributed by atoms with Crippen molar-refractivity contribution in [2.75, 3.05) is 0 Å². The van der Waals surface area contributed by atoms with Crippen molar-refractivity contribution in [2.24, 2.45) is 0 Å². The normalized spacial score (nSPS) is 10.9. The second-order valence-electron chi connectivity index (χ2n) is 3.51. The molecule has 0 radical (unpaired) electrons. The number of nitrogens with zero attached hydrogens (tertiary/aromatic N) is 3. The number of rotatable bonds is 2. The minimum atomic E-state index is -0.472. The van der Waals surface area contributed by atoms with Gasteiger partial charge in [0.25, 0.3) is 0 Å². The Hall–Kier alpha value is -1.99. The summed E-state index contributed by atoms with van der Waals surface area (Å²) in [6.45, 7) is 0. The molecule has 0 saturated heterocycles. The molecule has 0 amide bonds. The van der Waals surface area contributed by atoms with Crippen LogP contribution in [0.3, 0.4) is 0 Å². The lowest BCUT2D eigenvalue weighted by molar-refractivity contribution is -0.380. The number of hydrogen-bond donors (Lipinski definition) is 1. The SMILES string of the molecule is O=[N+]([O-])c1cnc(-c2nc3ccc(Cl)cc3[nH]2)s1. The monoisotopic (exact) mass is 280 g/mol. The maximum atomic E-state index is 10.6. The lowest BCUT2D eigenvalue weighted by Crippen LogP contribution is -1.80. The molecule has 3 aromatic rings. The molecule has 0 aliphatic heterocycles. The zero-order valence-electron chi connectivity index (χ0n) is 8.75. The van der Waals surface area contributed by atoms with Crippen molar-refractivity contribution in [3.8, 4) is 10.8 Å². The third-order valence-electron chi connectivity index (χ3n) is 2.32. The van der Waals surface area contributed by atoms with Crippen molar-refractivity contribution in [1.29, 1.82) is 0 Å². The second kappa shape index (κ2) is 4.04. The first kappa shape index (κ1) is 11.1. The van der Waals surface area contributed by atoms with Gasteiger partial charge in [0.2, 0.25) is 0 Å². The van der Waals surface area contributed by atoms with Crippen LogP contribution in [-0.2, 0) is 0 Å². The zero-order valence-corrected chi connectivity index (χ0v) is 10.3. The lowest BCUT2D eigenvalue weighted by atomic mass is 10.3. The highest BCUT2D eigenvalue weighted by molar-refractivity contribution is 7.18. The fraction of sp³-hybridized carbons (Fsp3) is 0. The molecule has 2 heterocycles. The number of thiazole rings is 1. The van der Waals surface area contributed by atoms with Crippen LogP contribution >= 0.6 is 22.9 Å². The van der Waals surface area contributed by atoms with Gasteiger partial charge in [0, 0.05) is 5.02 Å². The molecule has 0 spiro atoms. The number of nitro groups is 1. The van der Waals surface area contributed by atoms with Crippen LogP contribution in [0.15, 0.2) is 24.4 Å². The average Bonchev–Trinajstić information content (AvgIpc) is 2.93. The van der Waals surface area contributed by atoms with E-state index in [2.05, 4.69) is 15.0 Å². The van der Waals surface area contributed by atoms with Gasteiger partial charge in [0.15, 0.2) is 10.8 Å². The van der Waals surface area contributed by atoms with E-state index < -0.39 is 4.92 Å². The third-order valence-corrected chi connectivity index (χ3v) is 3.51. The molecule has 3 rings (SSSR count). The Labute approximate surface area is 109 Å². The average molecular weight is 281 g/mol. The Morgan fingerprint density at radius 1 is 1.44 bits per heavy atom. The summed E-state index contributed by atoms with van der Waals surface area (Å²) in [7, 11) is 0. The summed E-state index contributed by atoms with van der Waals surface area (Å²) in [5.74, 6) is 0.505. The third kappa shape index (κ3) is 1.83. The fourth-order valence-corrected chi connectivity index (χ4v) is 2.39. The van der Waals surface area contributed by atoms with E-state index >= 15 is 0 Å². The summed E-state index contributed by atoms with van der Waals surface area (Å²) in [5, 5.41) is 11.7. The predicted molar refractivity (Wildman–Crippen MR) is 68.9 cm³/mol. The fourth-order valence-electron chi connectivity index (χ4n) is 1.54. The van der Waals surface area contributed by atoms with E-state index in [1.165, 1.54) is 6.20 Å². The summed E-state index contributed by atoms with van der Waals surface area (Å²) in [4.78, 5) is 21.4. The quantitative estimate of drug-likeness (QED) is 0.577. The maximum absolute atomic E-state index is 10.6. The number of halogens is 1. The molecule has 0 unspecified atom stereocenters. The van der Waals surface area contributed by atoms with E-state index in [0.717, 1.165) is 22.4 Å². The first-order valence-corrected chi connectivity index (χ1v) is 6.09. The Morgan fingerprint density at radius 2 is 2.28 bits per heavy atom. The molecular formula is C10H5ClN4O2S. The van der Waals surface area contributed by atoms with Crippen molar-refractivity contribution in [3.63, 3.8) is 0 Å². The largest absolute Gasteiger partial charge is 0.344 e. The van der Waals surface area contributed by atoms with E-state index in [1.54, 1.807) is 18.2 Å². The lowest BCUT2D eigenvalue weighted by Gasteiger charge is -1.87. The summed E-state index contributed by atoms with van der Waals surface area (Å²) in [6, 6.07) is 5.26. The Kier molecular flexibility index (Phi) is 2.49. The zero-order chi connectivity index (χ0) is 12.7. The molecule has 90 valence electrons. The van der Waals surface area contributed by atoms with E-state index in [-0.39, 0.29) is 5.00 Å². The van der Waals surface area contributed by atoms with Gasteiger partial charge in [0.1, 0.15) is 6.20 Å². The number of fused-ring (bicyclic) bond motifs is 1. The van der Waals surface area contributed by atoms with Crippen LogP contribution in [0.5, 0.6) is 0 Å². The van der Waals surface area contributed by atoms with E-state index in [1.807, 2.05) is 0 Å². The topological polar surface area (TPSA) is 84.7 Å². The molecular weight excluding hydrogens is 276 g/mol. The first-order valence-electron chi connectivity index (χ1n) is 4.89. The van der Waals surface area contributed by atoms with Crippen molar-refractivity contribution >= 4 is 39.0 Å². The Bertz CT molecular complexity index is 751. The van der Waals surface area contributed by atoms with Gasteiger partial charge in [-0.15, -0.1) is 0 Å². The Balaban J connectivity index is 2.10. The smallest absolute Gasteiger partial charge is 0.336 e. The molecule has 18 heavy (non-hydrogen) atoms. The standard InChI is InChI=1S/C10H5ClN4O2S/c11-5-1-2-6-7(3-5)14-9(13-6)10-12-4-8(18-10)15(16)17/h1-4H,(H,13,14). The van der Waals surface area contributed by atoms with Gasteiger partial charge in [-0.1, -0.05) is 11.6 Å². The van der Waals surface area contributed by atoms with Crippen LogP contribution in [0.1, 0.15) is 0 Å². The molecule has 6 nitrogen and oxygen atoms in total. The van der Waals surface area contributed by atoms with Gasteiger partial charge in [-0.2, -0.15) is 0 Å². The number of aromatic amines is 1. The van der Waals surface area contributed by atoms with Crippen LogP contribution in [0, 0.1) is 10.1 Å². The molecule has 0 aliphatic rings. The summed E-state index contributed by atoms with van der Waals surface area (Å²) in [5.41, 5.74) is 1.52. The number of H-pyrrole nitrogens is 1. The predicted octanol–water partition coefficient (Wildman–Crippen LogP) is 3.25. The van der Waals surface area contributed by atoms with Crippen LogP contribution in [0.25, 0.3) is 21.9 Å². The molecule has 0 atom stereocenters. The van der Waals surface area contributed by atoms with E-state index in [4.69, 9.17) is 11.6 Å². The highest BCUT2D eigenvalue weighted by Crippen LogP contribution is 2.29. The van der Waals surface area contributed by atoms with Gasteiger partial charge in [0.05, 0.1) is 16.0 Å². The summed E-state index contributed by atoms with van der Waals surface area (Å²) >= 11 is 6.85. The minimum Gasteiger partial charge on any atom is -0.336 e. The number of aromatic nitrogens is 3. The molecule has 0 aliphatic carbocycles.